The maximum Gasteiger partial charge on any atom is 0.243 e. The third kappa shape index (κ3) is 8.82. The van der Waals surface area contributed by atoms with Gasteiger partial charge in [-0.3, -0.25) is 9.59 Å². The van der Waals surface area contributed by atoms with Gasteiger partial charge in [-0.15, -0.1) is 11.8 Å². The topological polar surface area (TPSA) is 49.4 Å². The van der Waals surface area contributed by atoms with Crippen LogP contribution in [0.25, 0.3) is 0 Å². The number of hydrogen-bond acceptors (Lipinski definition) is 3. The standard InChI is InChI=1S/C28H30BrFN2O2S/c1-2-16-31-28(34)26(17-21-6-4-3-5-7-21)32(18-22-10-14-25(30)15-11-22)27(33)20-35-19-23-8-12-24(29)13-9-23/h3-15,26H,2,16-20H2,1H3,(H,31,34). The van der Waals surface area contributed by atoms with E-state index in [1.54, 1.807) is 17.0 Å². The average Bonchev–Trinajstić information content (AvgIpc) is 2.87. The number of amides is 2. The molecule has 3 rings (SSSR count). The first-order valence-electron chi connectivity index (χ1n) is 11.6. The lowest BCUT2D eigenvalue weighted by Crippen LogP contribution is -2.51. The molecule has 3 aromatic carbocycles. The van der Waals surface area contributed by atoms with Gasteiger partial charge in [0.15, 0.2) is 0 Å². The molecule has 0 aliphatic carbocycles. The van der Waals surface area contributed by atoms with Gasteiger partial charge in [0.25, 0.3) is 0 Å². The molecule has 35 heavy (non-hydrogen) atoms. The Labute approximate surface area is 219 Å². The first-order chi connectivity index (χ1) is 17.0. The zero-order valence-corrected chi connectivity index (χ0v) is 22.2. The van der Waals surface area contributed by atoms with E-state index in [2.05, 4.69) is 21.2 Å². The highest BCUT2D eigenvalue weighted by Crippen LogP contribution is 2.20. The summed E-state index contributed by atoms with van der Waals surface area (Å²) in [6.45, 7) is 2.77. The highest BCUT2D eigenvalue weighted by Gasteiger charge is 2.30. The maximum absolute atomic E-state index is 13.5. The number of carbonyl (C=O) groups is 2. The SMILES string of the molecule is CCCNC(=O)C(Cc1ccccc1)N(Cc1ccc(F)cc1)C(=O)CSCc1ccc(Br)cc1. The van der Waals surface area contributed by atoms with Crippen molar-refractivity contribution in [2.75, 3.05) is 12.3 Å². The Morgan fingerprint density at radius 3 is 2.26 bits per heavy atom. The van der Waals surface area contributed by atoms with Crippen LogP contribution in [0.5, 0.6) is 0 Å². The van der Waals surface area contributed by atoms with Gasteiger partial charge in [-0.25, -0.2) is 4.39 Å². The average molecular weight is 558 g/mol. The Morgan fingerprint density at radius 1 is 0.943 bits per heavy atom. The summed E-state index contributed by atoms with van der Waals surface area (Å²) in [5.41, 5.74) is 2.88. The summed E-state index contributed by atoms with van der Waals surface area (Å²) in [7, 11) is 0. The lowest BCUT2D eigenvalue weighted by molar-refractivity contribution is -0.139. The van der Waals surface area contributed by atoms with Crippen LogP contribution < -0.4 is 5.32 Å². The van der Waals surface area contributed by atoms with Gasteiger partial charge < -0.3 is 10.2 Å². The van der Waals surface area contributed by atoms with Crippen molar-refractivity contribution < 1.29 is 14.0 Å². The molecule has 0 radical (unpaired) electrons. The Balaban J connectivity index is 1.81. The maximum atomic E-state index is 13.5. The van der Waals surface area contributed by atoms with Crippen LogP contribution in [0.15, 0.2) is 83.3 Å². The largest absolute Gasteiger partial charge is 0.354 e. The number of carbonyl (C=O) groups excluding carboxylic acids is 2. The zero-order chi connectivity index (χ0) is 25.0. The second-order valence-electron chi connectivity index (χ2n) is 8.26. The van der Waals surface area contributed by atoms with Crippen molar-refractivity contribution in [1.82, 2.24) is 10.2 Å². The van der Waals surface area contributed by atoms with E-state index in [-0.39, 0.29) is 29.9 Å². The van der Waals surface area contributed by atoms with Crippen molar-refractivity contribution >= 4 is 39.5 Å². The third-order valence-corrected chi connectivity index (χ3v) is 7.01. The van der Waals surface area contributed by atoms with Crippen LogP contribution in [0.4, 0.5) is 4.39 Å². The van der Waals surface area contributed by atoms with Crippen molar-refractivity contribution in [3.05, 3.63) is 106 Å². The van der Waals surface area contributed by atoms with Gasteiger partial charge in [0.05, 0.1) is 5.75 Å². The number of benzene rings is 3. The summed E-state index contributed by atoms with van der Waals surface area (Å²) in [5, 5.41) is 2.97. The minimum Gasteiger partial charge on any atom is -0.354 e. The van der Waals surface area contributed by atoms with Crippen LogP contribution in [0.1, 0.15) is 30.0 Å². The fourth-order valence-corrected chi connectivity index (χ4v) is 4.76. The summed E-state index contributed by atoms with van der Waals surface area (Å²) >= 11 is 4.95. The number of thioether (sulfide) groups is 1. The Bertz CT molecular complexity index is 1080. The molecule has 2 amide bonds. The molecule has 7 heteroatoms. The monoisotopic (exact) mass is 556 g/mol. The van der Waals surface area contributed by atoms with E-state index in [9.17, 15) is 14.0 Å². The molecule has 1 N–H and O–H groups in total. The van der Waals surface area contributed by atoms with Crippen LogP contribution in [0, 0.1) is 5.82 Å². The normalized spacial score (nSPS) is 11.6. The molecule has 0 aromatic heterocycles. The minimum atomic E-state index is -0.671. The predicted octanol–water partition coefficient (Wildman–Crippen LogP) is 5.99. The van der Waals surface area contributed by atoms with E-state index in [1.807, 2.05) is 61.5 Å². The number of nitrogens with one attached hydrogen (secondary N) is 1. The van der Waals surface area contributed by atoms with Crippen molar-refractivity contribution in [3.63, 3.8) is 0 Å². The second kappa shape index (κ2) is 14.0. The molecule has 0 saturated heterocycles. The Morgan fingerprint density at radius 2 is 1.60 bits per heavy atom. The fourth-order valence-electron chi connectivity index (χ4n) is 3.63. The first-order valence-corrected chi connectivity index (χ1v) is 13.6. The minimum absolute atomic E-state index is 0.121. The molecule has 3 aromatic rings. The summed E-state index contributed by atoms with van der Waals surface area (Å²) in [4.78, 5) is 28.4. The lowest BCUT2D eigenvalue weighted by Gasteiger charge is -2.31. The molecule has 0 spiro atoms. The molecule has 4 nitrogen and oxygen atoms in total. The Hall–Kier alpha value is -2.64. The van der Waals surface area contributed by atoms with Gasteiger partial charge in [0, 0.05) is 29.7 Å². The Kier molecular flexibility index (Phi) is 10.8. The highest BCUT2D eigenvalue weighted by molar-refractivity contribution is 9.10. The number of rotatable bonds is 12. The third-order valence-electron chi connectivity index (χ3n) is 5.49. The van der Waals surface area contributed by atoms with Gasteiger partial charge in [-0.2, -0.15) is 0 Å². The van der Waals surface area contributed by atoms with Crippen LogP contribution in [-0.4, -0.2) is 35.1 Å². The van der Waals surface area contributed by atoms with E-state index in [4.69, 9.17) is 0 Å². The van der Waals surface area contributed by atoms with Crippen LogP contribution in [-0.2, 0) is 28.3 Å². The van der Waals surface area contributed by atoms with Crippen molar-refractivity contribution in [2.24, 2.45) is 0 Å². The first kappa shape index (κ1) is 27.0. The van der Waals surface area contributed by atoms with E-state index >= 15 is 0 Å². The number of nitrogens with zero attached hydrogens (tertiary/aromatic N) is 1. The van der Waals surface area contributed by atoms with Gasteiger partial charge in [-0.1, -0.05) is 77.5 Å². The van der Waals surface area contributed by atoms with Crippen molar-refractivity contribution in [2.45, 2.75) is 38.1 Å². The summed E-state index contributed by atoms with van der Waals surface area (Å²) < 4.78 is 14.5. The molecule has 0 aliphatic heterocycles. The molecule has 0 aliphatic rings. The zero-order valence-electron chi connectivity index (χ0n) is 19.8. The molecule has 184 valence electrons. The smallest absolute Gasteiger partial charge is 0.243 e. The molecule has 0 saturated carbocycles. The number of hydrogen-bond donors (Lipinski definition) is 1. The fraction of sp³-hybridized carbons (Fsp3) is 0.286. The predicted molar refractivity (Wildman–Crippen MR) is 144 cm³/mol. The summed E-state index contributed by atoms with van der Waals surface area (Å²) in [5.74, 6) is 0.296. The highest BCUT2D eigenvalue weighted by atomic mass is 79.9. The van der Waals surface area contributed by atoms with E-state index in [0.29, 0.717) is 18.7 Å². The van der Waals surface area contributed by atoms with Crippen LogP contribution >= 0.6 is 27.7 Å². The second-order valence-corrected chi connectivity index (χ2v) is 10.2. The molecule has 0 bridgehead atoms. The van der Waals surface area contributed by atoms with Gasteiger partial charge in [-0.05, 0) is 47.4 Å². The summed E-state index contributed by atoms with van der Waals surface area (Å²) in [6.07, 6.45) is 1.21. The van der Waals surface area contributed by atoms with Crippen molar-refractivity contribution in [1.29, 1.82) is 0 Å². The van der Waals surface area contributed by atoms with E-state index in [1.165, 1.54) is 23.9 Å². The molecular formula is C28H30BrFN2O2S. The molecule has 1 atom stereocenters. The molecule has 0 heterocycles. The molecule has 1 unspecified atom stereocenters. The van der Waals surface area contributed by atoms with Crippen molar-refractivity contribution in [3.8, 4) is 0 Å². The lowest BCUT2D eigenvalue weighted by atomic mass is 10.0. The van der Waals surface area contributed by atoms with Gasteiger partial charge in [0.1, 0.15) is 11.9 Å². The van der Waals surface area contributed by atoms with Crippen LogP contribution in [0.2, 0.25) is 0 Å². The summed E-state index contributed by atoms with van der Waals surface area (Å²) in [6, 6.07) is 23.1. The molecule has 0 fully saturated rings. The van der Waals surface area contributed by atoms with Gasteiger partial charge in [0.2, 0.25) is 11.8 Å². The number of halogens is 2. The van der Waals surface area contributed by atoms with E-state index in [0.717, 1.165) is 27.6 Å². The van der Waals surface area contributed by atoms with Gasteiger partial charge >= 0.3 is 0 Å². The van der Waals surface area contributed by atoms with Crippen LogP contribution in [0.3, 0.4) is 0 Å². The molecular weight excluding hydrogens is 527 g/mol. The quantitative estimate of drug-likeness (QED) is 0.298. The van der Waals surface area contributed by atoms with E-state index < -0.39 is 6.04 Å².